The number of hydrogen-bond acceptors (Lipinski definition) is 6. The summed E-state index contributed by atoms with van der Waals surface area (Å²) in [6.45, 7) is 0. The summed E-state index contributed by atoms with van der Waals surface area (Å²) in [5, 5.41) is -0.0654. The predicted molar refractivity (Wildman–Crippen MR) is 72.8 cm³/mol. The Morgan fingerprint density at radius 2 is 2.10 bits per heavy atom. The zero-order valence-corrected chi connectivity index (χ0v) is 11.2. The molecule has 21 heavy (non-hydrogen) atoms. The van der Waals surface area contributed by atoms with Gasteiger partial charge in [-0.1, -0.05) is 11.6 Å². The molecule has 0 amide bonds. The summed E-state index contributed by atoms with van der Waals surface area (Å²) in [5.74, 6) is -0.0259. The van der Waals surface area contributed by atoms with E-state index >= 15 is 0 Å². The highest BCUT2D eigenvalue weighted by Gasteiger charge is 2.09. The topological polar surface area (TPSA) is 91.7 Å². The Morgan fingerprint density at radius 1 is 1.24 bits per heavy atom. The van der Waals surface area contributed by atoms with Crippen LogP contribution >= 0.6 is 11.6 Å². The quantitative estimate of drug-likeness (QED) is 0.797. The molecule has 0 bridgehead atoms. The molecule has 0 aliphatic heterocycles. The number of aromatic nitrogens is 5. The summed E-state index contributed by atoms with van der Waals surface area (Å²) in [5.41, 5.74) is 5.61. The molecule has 3 rings (SSSR count). The zero-order valence-electron chi connectivity index (χ0n) is 10.4. The van der Waals surface area contributed by atoms with E-state index in [-0.39, 0.29) is 28.7 Å². The normalized spacial score (nSPS) is 10.6. The largest absolute Gasteiger partial charge is 0.424 e. The van der Waals surface area contributed by atoms with Crippen molar-refractivity contribution in [2.24, 2.45) is 0 Å². The van der Waals surface area contributed by atoms with E-state index < -0.39 is 5.82 Å². The van der Waals surface area contributed by atoms with E-state index in [4.69, 9.17) is 22.1 Å². The van der Waals surface area contributed by atoms with Gasteiger partial charge >= 0.3 is 6.01 Å². The summed E-state index contributed by atoms with van der Waals surface area (Å²) < 4.78 is 20.0. The molecule has 3 aromatic rings. The summed E-state index contributed by atoms with van der Waals surface area (Å²) in [4.78, 5) is 15.8. The Hall–Kier alpha value is -2.74. The number of nitrogen functional groups attached to an aromatic ring is 1. The maximum absolute atomic E-state index is 13.1. The van der Waals surface area contributed by atoms with Gasteiger partial charge in [-0.2, -0.15) is 15.0 Å². The van der Waals surface area contributed by atoms with Crippen molar-refractivity contribution in [1.82, 2.24) is 24.5 Å². The molecule has 0 atom stereocenters. The number of halogens is 2. The molecule has 9 heteroatoms. The van der Waals surface area contributed by atoms with Crippen molar-refractivity contribution in [3.05, 3.63) is 47.8 Å². The van der Waals surface area contributed by atoms with Crippen molar-refractivity contribution < 1.29 is 9.13 Å². The molecule has 7 nitrogen and oxygen atoms in total. The maximum atomic E-state index is 13.1. The fourth-order valence-electron chi connectivity index (χ4n) is 1.55. The Balaban J connectivity index is 1.93. The van der Waals surface area contributed by atoms with Crippen molar-refractivity contribution in [2.75, 3.05) is 5.73 Å². The maximum Gasteiger partial charge on any atom is 0.328 e. The Labute approximate surface area is 123 Å². The second-order valence-electron chi connectivity index (χ2n) is 3.92. The first-order chi connectivity index (χ1) is 10.1. The fraction of sp³-hybridized carbons (Fsp3) is 0. The molecule has 0 aliphatic carbocycles. The molecular weight excluding hydrogens is 299 g/mol. The third-order valence-electron chi connectivity index (χ3n) is 2.46. The minimum Gasteiger partial charge on any atom is -0.424 e. The lowest BCUT2D eigenvalue weighted by molar-refractivity contribution is 0.438. The summed E-state index contributed by atoms with van der Waals surface area (Å²) in [6, 6.07) is 3.86. The van der Waals surface area contributed by atoms with E-state index in [1.54, 1.807) is 17.0 Å². The van der Waals surface area contributed by atoms with E-state index in [1.807, 2.05) is 0 Å². The molecule has 2 aromatic heterocycles. The molecular formula is C12H8ClFN6O. The monoisotopic (exact) mass is 306 g/mol. The van der Waals surface area contributed by atoms with Crippen molar-refractivity contribution in [3.63, 3.8) is 0 Å². The summed E-state index contributed by atoms with van der Waals surface area (Å²) >= 11 is 5.68. The van der Waals surface area contributed by atoms with Gasteiger partial charge in [0, 0.05) is 18.5 Å². The number of nitrogens with two attached hydrogens (primary N) is 1. The van der Waals surface area contributed by atoms with Gasteiger partial charge in [0.05, 0.1) is 5.02 Å². The average Bonchev–Trinajstić information content (AvgIpc) is 2.96. The van der Waals surface area contributed by atoms with Crippen LogP contribution in [0.5, 0.6) is 11.8 Å². The van der Waals surface area contributed by atoms with Gasteiger partial charge < -0.3 is 10.5 Å². The van der Waals surface area contributed by atoms with Crippen LogP contribution in [0.2, 0.25) is 5.02 Å². The van der Waals surface area contributed by atoms with E-state index in [0.29, 0.717) is 0 Å². The molecule has 1 aromatic carbocycles. The molecule has 0 saturated heterocycles. The SMILES string of the molecule is Nc1nc(Oc2ccc(F)c(Cl)c2)nc(-n2ccnc2)n1. The van der Waals surface area contributed by atoms with E-state index in [1.165, 1.54) is 24.5 Å². The van der Waals surface area contributed by atoms with Crippen LogP contribution in [0.3, 0.4) is 0 Å². The highest BCUT2D eigenvalue weighted by Crippen LogP contribution is 2.24. The molecule has 0 radical (unpaired) electrons. The van der Waals surface area contributed by atoms with Crippen molar-refractivity contribution >= 4 is 17.5 Å². The average molecular weight is 307 g/mol. The van der Waals surface area contributed by atoms with Crippen LogP contribution < -0.4 is 10.5 Å². The molecule has 106 valence electrons. The lowest BCUT2D eigenvalue weighted by Crippen LogP contribution is -2.06. The van der Waals surface area contributed by atoms with Gasteiger partial charge in [0.2, 0.25) is 11.9 Å². The molecule has 0 fully saturated rings. The number of nitrogens with zero attached hydrogens (tertiary/aromatic N) is 5. The van der Waals surface area contributed by atoms with Gasteiger partial charge in [0.25, 0.3) is 0 Å². The van der Waals surface area contributed by atoms with Gasteiger partial charge in [-0.3, -0.25) is 4.57 Å². The fourth-order valence-corrected chi connectivity index (χ4v) is 1.72. The number of anilines is 1. The van der Waals surface area contributed by atoms with Crippen molar-refractivity contribution in [3.8, 4) is 17.7 Å². The Morgan fingerprint density at radius 3 is 2.81 bits per heavy atom. The van der Waals surface area contributed by atoms with Gasteiger partial charge in [-0.05, 0) is 12.1 Å². The van der Waals surface area contributed by atoms with E-state index in [0.717, 1.165) is 0 Å². The van der Waals surface area contributed by atoms with E-state index in [9.17, 15) is 4.39 Å². The summed E-state index contributed by atoms with van der Waals surface area (Å²) in [6.07, 6.45) is 4.72. The van der Waals surface area contributed by atoms with Crippen LogP contribution in [-0.2, 0) is 0 Å². The van der Waals surface area contributed by atoms with Gasteiger partial charge in [0.15, 0.2) is 0 Å². The molecule has 0 saturated carbocycles. The highest BCUT2D eigenvalue weighted by atomic mass is 35.5. The van der Waals surface area contributed by atoms with Crippen LogP contribution in [0.1, 0.15) is 0 Å². The molecule has 0 aliphatic rings. The smallest absolute Gasteiger partial charge is 0.328 e. The second kappa shape index (κ2) is 5.33. The minimum atomic E-state index is -0.543. The van der Waals surface area contributed by atoms with Crippen molar-refractivity contribution in [2.45, 2.75) is 0 Å². The Kier molecular flexibility index (Phi) is 3.36. The third-order valence-corrected chi connectivity index (χ3v) is 2.75. The van der Waals surface area contributed by atoms with E-state index in [2.05, 4.69) is 19.9 Å². The standard InChI is InChI=1S/C12H8ClFN6O/c13-8-5-7(1-2-9(8)14)21-12-18-10(15)17-11(19-12)20-4-3-16-6-20/h1-6H,(H2,15,17,18,19). The Bertz CT molecular complexity index is 779. The van der Waals surface area contributed by atoms with Crippen LogP contribution in [0, 0.1) is 5.82 Å². The number of hydrogen-bond donors (Lipinski definition) is 1. The predicted octanol–water partition coefficient (Wildman–Crippen LogP) is 2.22. The number of rotatable bonds is 3. The highest BCUT2D eigenvalue weighted by molar-refractivity contribution is 6.30. The van der Waals surface area contributed by atoms with Crippen LogP contribution in [0.4, 0.5) is 10.3 Å². The molecule has 0 spiro atoms. The third kappa shape index (κ3) is 2.90. The zero-order chi connectivity index (χ0) is 14.8. The van der Waals surface area contributed by atoms with Gasteiger partial charge in [-0.25, -0.2) is 9.37 Å². The first-order valence-electron chi connectivity index (χ1n) is 5.74. The lowest BCUT2D eigenvalue weighted by atomic mass is 10.3. The number of imidazole rings is 1. The number of ether oxygens (including phenoxy) is 1. The molecule has 0 unspecified atom stereocenters. The molecule has 2 heterocycles. The lowest BCUT2D eigenvalue weighted by Gasteiger charge is -2.07. The van der Waals surface area contributed by atoms with Crippen LogP contribution in [-0.4, -0.2) is 24.5 Å². The van der Waals surface area contributed by atoms with Crippen LogP contribution in [0.15, 0.2) is 36.9 Å². The molecule has 2 N–H and O–H groups in total. The number of benzene rings is 1. The first kappa shape index (κ1) is 13.3. The second-order valence-corrected chi connectivity index (χ2v) is 4.33. The van der Waals surface area contributed by atoms with Gasteiger partial charge in [-0.15, -0.1) is 0 Å². The minimum absolute atomic E-state index is 0.0168. The van der Waals surface area contributed by atoms with Gasteiger partial charge in [0.1, 0.15) is 17.9 Å². The van der Waals surface area contributed by atoms with Crippen LogP contribution in [0.25, 0.3) is 5.95 Å². The first-order valence-corrected chi connectivity index (χ1v) is 6.12. The van der Waals surface area contributed by atoms with Crippen molar-refractivity contribution in [1.29, 1.82) is 0 Å². The summed E-state index contributed by atoms with van der Waals surface area (Å²) in [7, 11) is 0.